The molecule has 0 aliphatic heterocycles. The Morgan fingerprint density at radius 3 is 2.47 bits per heavy atom. The number of phenols is 1. The highest BCUT2D eigenvalue weighted by atomic mass is 32.2. The van der Waals surface area contributed by atoms with Crippen LogP contribution in [0.5, 0.6) is 5.75 Å². The van der Waals surface area contributed by atoms with Gasteiger partial charge in [0, 0.05) is 26.5 Å². The topological polar surface area (TPSA) is 152 Å². The number of hydrogen-bond donors (Lipinski definition) is 3. The number of aromatic hydroxyl groups is 1. The summed E-state index contributed by atoms with van der Waals surface area (Å²) in [6.07, 6.45) is 2.10. The molecule has 3 aromatic rings. The van der Waals surface area contributed by atoms with E-state index in [9.17, 15) is 18.3 Å². The van der Waals surface area contributed by atoms with Crippen molar-refractivity contribution in [1.82, 2.24) is 10.3 Å². The molecule has 1 amide bonds. The number of methoxy groups -OCH3 is 1. The predicted molar refractivity (Wildman–Crippen MR) is 133 cm³/mol. The minimum atomic E-state index is -3.80. The first kappa shape index (κ1) is 26.7. The van der Waals surface area contributed by atoms with Gasteiger partial charge in [-0.1, -0.05) is 6.07 Å². The molecular formula is C24H27N5O6S. The first-order valence-electron chi connectivity index (χ1n) is 11.0. The first-order valence-corrected chi connectivity index (χ1v) is 12.5. The number of phenolic OH excluding ortho intramolecular Hbond substituents is 1. The number of amides is 1. The molecule has 190 valence electrons. The third-order valence-electron chi connectivity index (χ3n) is 4.74. The molecule has 0 spiro atoms. The van der Waals surface area contributed by atoms with Crippen LogP contribution in [0.1, 0.15) is 16.8 Å². The number of nitrogens with one attached hydrogen (secondary N) is 2. The van der Waals surface area contributed by atoms with E-state index in [1.165, 1.54) is 48.7 Å². The van der Waals surface area contributed by atoms with Crippen LogP contribution < -0.4 is 10.0 Å². The number of sulfonamides is 1. The predicted octanol–water partition coefficient (Wildman–Crippen LogP) is 3.79. The van der Waals surface area contributed by atoms with Crippen molar-refractivity contribution in [2.24, 2.45) is 10.2 Å². The quantitative estimate of drug-likeness (QED) is 0.232. The molecule has 3 rings (SSSR count). The molecule has 3 N–H and O–H groups in total. The third kappa shape index (κ3) is 8.12. The number of azo groups is 1. The maximum absolute atomic E-state index is 12.5. The van der Waals surface area contributed by atoms with Crippen LogP contribution in [0.4, 0.5) is 17.2 Å². The van der Waals surface area contributed by atoms with Crippen molar-refractivity contribution in [2.75, 3.05) is 38.2 Å². The number of carbonyl (C=O) groups is 1. The van der Waals surface area contributed by atoms with Crippen LogP contribution in [0.3, 0.4) is 0 Å². The van der Waals surface area contributed by atoms with Gasteiger partial charge >= 0.3 is 0 Å². The molecule has 0 fully saturated rings. The highest BCUT2D eigenvalue weighted by Gasteiger charge is 2.15. The molecular weight excluding hydrogens is 486 g/mol. The zero-order valence-corrected chi connectivity index (χ0v) is 20.4. The second-order valence-corrected chi connectivity index (χ2v) is 9.11. The zero-order chi connectivity index (χ0) is 25.8. The summed E-state index contributed by atoms with van der Waals surface area (Å²) in [5.74, 6) is -0.419. The monoisotopic (exact) mass is 513 g/mol. The van der Waals surface area contributed by atoms with Gasteiger partial charge in [-0.3, -0.25) is 9.52 Å². The summed E-state index contributed by atoms with van der Waals surface area (Å²) in [4.78, 5) is 16.4. The first-order chi connectivity index (χ1) is 17.4. The number of anilines is 1. The molecule has 1 heterocycles. The van der Waals surface area contributed by atoms with Crippen molar-refractivity contribution >= 4 is 33.1 Å². The van der Waals surface area contributed by atoms with Gasteiger partial charge in [0.1, 0.15) is 11.6 Å². The maximum atomic E-state index is 12.5. The minimum Gasteiger partial charge on any atom is -0.507 e. The average Bonchev–Trinajstić information content (AvgIpc) is 2.88. The fraction of sp³-hybridized carbons (Fsp3) is 0.250. The molecule has 0 unspecified atom stereocenters. The lowest BCUT2D eigenvalue weighted by Crippen LogP contribution is -2.25. The van der Waals surface area contributed by atoms with Gasteiger partial charge in [0.2, 0.25) is 0 Å². The van der Waals surface area contributed by atoms with E-state index >= 15 is 0 Å². The Morgan fingerprint density at radius 2 is 1.75 bits per heavy atom. The molecule has 0 aliphatic carbocycles. The van der Waals surface area contributed by atoms with E-state index in [-0.39, 0.29) is 22.0 Å². The molecule has 1 aromatic heterocycles. The lowest BCUT2D eigenvalue weighted by Gasteiger charge is -2.08. The fourth-order valence-corrected chi connectivity index (χ4v) is 3.92. The normalized spacial score (nSPS) is 11.5. The van der Waals surface area contributed by atoms with E-state index < -0.39 is 15.9 Å². The fourth-order valence-electron chi connectivity index (χ4n) is 2.91. The Bertz CT molecular complexity index is 1270. The summed E-state index contributed by atoms with van der Waals surface area (Å²) >= 11 is 0. The van der Waals surface area contributed by atoms with Crippen molar-refractivity contribution in [3.63, 3.8) is 0 Å². The standard InChI is InChI=1S/C24H27N5O6S/c1-34-15-16-35-14-4-13-26-24(31)21-17-19(8-11-22(21)30)28-27-18-6-9-20(10-7-18)36(32,33)29-23-5-2-3-12-25-23/h2-3,5-12,17,30H,4,13-16H2,1H3,(H,25,29)(H,26,31)/b28-27+. The SMILES string of the molecule is COCCOCCCNC(=O)c1cc(/N=N/c2ccc(S(=O)(=O)Nc3ccccn3)cc2)ccc1O. The number of ether oxygens (including phenoxy) is 2. The summed E-state index contributed by atoms with van der Waals surface area (Å²) in [7, 11) is -2.21. The Hall–Kier alpha value is -3.87. The maximum Gasteiger partial charge on any atom is 0.263 e. The number of hydrogen-bond acceptors (Lipinski definition) is 9. The van der Waals surface area contributed by atoms with Crippen molar-refractivity contribution in [1.29, 1.82) is 0 Å². The van der Waals surface area contributed by atoms with Crippen molar-refractivity contribution in [3.05, 3.63) is 72.4 Å². The van der Waals surface area contributed by atoms with Crippen LogP contribution in [0.25, 0.3) is 0 Å². The molecule has 0 radical (unpaired) electrons. The van der Waals surface area contributed by atoms with Gasteiger partial charge in [-0.15, -0.1) is 0 Å². The van der Waals surface area contributed by atoms with Gasteiger partial charge in [0.15, 0.2) is 0 Å². The number of benzene rings is 2. The van der Waals surface area contributed by atoms with Crippen molar-refractivity contribution in [3.8, 4) is 5.75 Å². The number of aromatic nitrogens is 1. The zero-order valence-electron chi connectivity index (χ0n) is 19.6. The van der Waals surface area contributed by atoms with E-state index in [1.54, 1.807) is 25.3 Å². The van der Waals surface area contributed by atoms with E-state index in [1.807, 2.05) is 0 Å². The molecule has 0 aliphatic rings. The van der Waals surface area contributed by atoms with Gasteiger partial charge in [-0.25, -0.2) is 13.4 Å². The van der Waals surface area contributed by atoms with E-state index in [0.717, 1.165) is 0 Å². The number of nitrogens with zero attached hydrogens (tertiary/aromatic N) is 3. The van der Waals surface area contributed by atoms with E-state index in [2.05, 4.69) is 25.3 Å². The summed E-state index contributed by atoms with van der Waals surface area (Å²) in [5, 5.41) is 21.0. The van der Waals surface area contributed by atoms with Crippen LogP contribution in [-0.4, -0.2) is 57.9 Å². The van der Waals surface area contributed by atoms with Gasteiger partial charge in [-0.2, -0.15) is 10.2 Å². The van der Waals surface area contributed by atoms with E-state index in [4.69, 9.17) is 9.47 Å². The van der Waals surface area contributed by atoms with Crippen LogP contribution in [0.15, 0.2) is 82.0 Å². The van der Waals surface area contributed by atoms with Crippen LogP contribution in [-0.2, 0) is 19.5 Å². The summed E-state index contributed by atoms with van der Waals surface area (Å²) in [6, 6.07) is 15.0. The number of pyridine rings is 1. The highest BCUT2D eigenvalue weighted by Crippen LogP contribution is 2.26. The van der Waals surface area contributed by atoms with Crippen molar-refractivity contribution in [2.45, 2.75) is 11.3 Å². The molecule has 36 heavy (non-hydrogen) atoms. The van der Waals surface area contributed by atoms with Gasteiger partial charge < -0.3 is 19.9 Å². The second kappa shape index (κ2) is 13.3. The molecule has 0 saturated heterocycles. The lowest BCUT2D eigenvalue weighted by molar-refractivity contribution is 0.0688. The Labute approximate surface area is 209 Å². The van der Waals surface area contributed by atoms with E-state index in [0.29, 0.717) is 44.2 Å². The molecule has 11 nitrogen and oxygen atoms in total. The molecule has 0 bridgehead atoms. The summed E-state index contributed by atoms with van der Waals surface area (Å²) < 4.78 is 37.6. The second-order valence-electron chi connectivity index (χ2n) is 7.43. The molecule has 12 heteroatoms. The number of carbonyl (C=O) groups excluding carboxylic acids is 1. The summed E-state index contributed by atoms with van der Waals surface area (Å²) in [6.45, 7) is 1.84. The average molecular weight is 514 g/mol. The minimum absolute atomic E-state index is 0.0415. The summed E-state index contributed by atoms with van der Waals surface area (Å²) in [5.41, 5.74) is 0.808. The largest absolute Gasteiger partial charge is 0.507 e. The van der Waals surface area contributed by atoms with Crippen LogP contribution >= 0.6 is 0 Å². The molecule has 2 aromatic carbocycles. The Kier molecular flexibility index (Phi) is 9.86. The van der Waals surface area contributed by atoms with Gasteiger partial charge in [-0.05, 0) is 61.0 Å². The van der Waals surface area contributed by atoms with Gasteiger partial charge in [0.25, 0.3) is 15.9 Å². The molecule has 0 saturated carbocycles. The molecule has 0 atom stereocenters. The van der Waals surface area contributed by atoms with Crippen LogP contribution in [0.2, 0.25) is 0 Å². The smallest absolute Gasteiger partial charge is 0.263 e. The Balaban J connectivity index is 1.58. The Morgan fingerprint density at radius 1 is 1.00 bits per heavy atom. The highest BCUT2D eigenvalue weighted by molar-refractivity contribution is 7.92. The lowest BCUT2D eigenvalue weighted by atomic mass is 10.1. The van der Waals surface area contributed by atoms with Gasteiger partial charge in [0.05, 0.1) is 35.0 Å². The van der Waals surface area contributed by atoms with Crippen LogP contribution in [0, 0.1) is 0 Å². The van der Waals surface area contributed by atoms with Crippen molar-refractivity contribution < 1.29 is 27.8 Å². The number of rotatable bonds is 13. The third-order valence-corrected chi connectivity index (χ3v) is 6.11.